The third-order valence-corrected chi connectivity index (χ3v) is 4.73. The number of carbonyl (C=O) groups excluding carboxylic acids is 1. The van der Waals surface area contributed by atoms with Crippen LogP contribution in [-0.4, -0.2) is 23.0 Å². The highest BCUT2D eigenvalue weighted by molar-refractivity contribution is 5.86. The maximum Gasteiger partial charge on any atom is 0.307 e. The van der Waals surface area contributed by atoms with Gasteiger partial charge in [0.05, 0.1) is 11.8 Å². The van der Waals surface area contributed by atoms with Crippen LogP contribution in [0.3, 0.4) is 0 Å². The van der Waals surface area contributed by atoms with E-state index in [4.69, 9.17) is 5.11 Å². The summed E-state index contributed by atoms with van der Waals surface area (Å²) in [7, 11) is 0. The molecule has 2 N–H and O–H groups in total. The second-order valence-electron chi connectivity index (χ2n) is 6.28. The van der Waals surface area contributed by atoms with Gasteiger partial charge in [0.2, 0.25) is 5.91 Å². The van der Waals surface area contributed by atoms with Crippen LogP contribution in [0.15, 0.2) is 0 Å². The van der Waals surface area contributed by atoms with Crippen LogP contribution in [0.1, 0.15) is 58.3 Å². The minimum Gasteiger partial charge on any atom is -0.481 e. The lowest BCUT2D eigenvalue weighted by atomic mass is 9.73. The molecule has 2 fully saturated rings. The molecule has 2 unspecified atom stereocenters. The fourth-order valence-electron chi connectivity index (χ4n) is 3.44. The number of rotatable bonds is 5. The number of amides is 1. The predicted molar refractivity (Wildman–Crippen MR) is 72.6 cm³/mol. The molecule has 4 heteroatoms. The predicted octanol–water partition coefficient (Wildman–Crippen LogP) is 2.57. The highest BCUT2D eigenvalue weighted by Gasteiger charge is 2.41. The van der Waals surface area contributed by atoms with Gasteiger partial charge >= 0.3 is 5.97 Å². The molecule has 0 radical (unpaired) electrons. The first-order valence-corrected chi connectivity index (χ1v) is 7.61. The first-order chi connectivity index (χ1) is 9.08. The summed E-state index contributed by atoms with van der Waals surface area (Å²) < 4.78 is 0. The van der Waals surface area contributed by atoms with Gasteiger partial charge in [-0.05, 0) is 32.1 Å². The lowest BCUT2D eigenvalue weighted by Crippen LogP contribution is -2.47. The van der Waals surface area contributed by atoms with Gasteiger partial charge in [-0.1, -0.05) is 32.1 Å². The molecule has 2 aliphatic rings. The summed E-state index contributed by atoms with van der Waals surface area (Å²) in [4.78, 5) is 22.9. The second-order valence-corrected chi connectivity index (χ2v) is 6.28. The molecule has 0 aromatic rings. The van der Waals surface area contributed by atoms with Crippen LogP contribution in [0.2, 0.25) is 0 Å². The third kappa shape index (κ3) is 3.71. The molecule has 2 saturated carbocycles. The molecule has 19 heavy (non-hydrogen) atoms. The van der Waals surface area contributed by atoms with Crippen molar-refractivity contribution in [1.82, 2.24) is 5.32 Å². The van der Waals surface area contributed by atoms with Crippen molar-refractivity contribution >= 4 is 11.9 Å². The Labute approximate surface area is 115 Å². The van der Waals surface area contributed by atoms with E-state index in [2.05, 4.69) is 5.32 Å². The third-order valence-electron chi connectivity index (χ3n) is 4.73. The number of carboxylic acid groups (broad SMARTS) is 1. The molecule has 0 bridgehead atoms. The van der Waals surface area contributed by atoms with Crippen LogP contribution < -0.4 is 5.32 Å². The van der Waals surface area contributed by atoms with Crippen molar-refractivity contribution < 1.29 is 14.7 Å². The number of aliphatic carboxylic acids is 1. The molecule has 1 amide bonds. The summed E-state index contributed by atoms with van der Waals surface area (Å²) in [5.41, 5.74) is 0. The van der Waals surface area contributed by atoms with Gasteiger partial charge in [0.25, 0.3) is 0 Å². The van der Waals surface area contributed by atoms with E-state index in [1.807, 2.05) is 6.92 Å². The van der Waals surface area contributed by atoms with Crippen LogP contribution in [-0.2, 0) is 9.59 Å². The van der Waals surface area contributed by atoms with E-state index in [0.29, 0.717) is 6.42 Å². The van der Waals surface area contributed by atoms with E-state index in [9.17, 15) is 9.59 Å². The maximum atomic E-state index is 12.0. The molecule has 0 saturated heterocycles. The molecule has 4 nitrogen and oxygen atoms in total. The van der Waals surface area contributed by atoms with Crippen LogP contribution in [0, 0.1) is 17.8 Å². The zero-order valence-corrected chi connectivity index (χ0v) is 11.7. The van der Waals surface area contributed by atoms with Crippen molar-refractivity contribution in [3.8, 4) is 0 Å². The van der Waals surface area contributed by atoms with E-state index < -0.39 is 11.9 Å². The van der Waals surface area contributed by atoms with Crippen molar-refractivity contribution in [2.24, 2.45) is 17.8 Å². The number of nitrogens with one attached hydrogen (secondary N) is 1. The van der Waals surface area contributed by atoms with Crippen LogP contribution >= 0.6 is 0 Å². The van der Waals surface area contributed by atoms with Crippen LogP contribution in [0.25, 0.3) is 0 Å². The average Bonchev–Trinajstić information content (AvgIpc) is 2.27. The Bertz CT molecular complexity index is 336. The Balaban J connectivity index is 1.73. The molecular weight excluding hydrogens is 242 g/mol. The Morgan fingerprint density at radius 1 is 1.11 bits per heavy atom. The second kappa shape index (κ2) is 6.40. The number of carboxylic acids is 1. The van der Waals surface area contributed by atoms with Gasteiger partial charge < -0.3 is 10.4 Å². The average molecular weight is 267 g/mol. The number of carbonyl (C=O) groups is 2. The van der Waals surface area contributed by atoms with Gasteiger partial charge in [0.15, 0.2) is 0 Å². The van der Waals surface area contributed by atoms with Gasteiger partial charge in [-0.3, -0.25) is 9.59 Å². The minimum atomic E-state index is -0.827. The van der Waals surface area contributed by atoms with Crippen LogP contribution in [0.4, 0.5) is 0 Å². The molecule has 0 aromatic carbocycles. The normalized spacial score (nSPS) is 29.3. The number of hydrogen-bond acceptors (Lipinski definition) is 2. The molecule has 0 aromatic heterocycles. The molecule has 0 aliphatic heterocycles. The Hall–Kier alpha value is -1.06. The van der Waals surface area contributed by atoms with E-state index >= 15 is 0 Å². The molecule has 0 heterocycles. The minimum absolute atomic E-state index is 0.0537. The fourth-order valence-corrected chi connectivity index (χ4v) is 3.44. The van der Waals surface area contributed by atoms with Gasteiger partial charge in [0, 0.05) is 6.04 Å². The summed E-state index contributed by atoms with van der Waals surface area (Å²) in [6.07, 6.45) is 8.94. The Kier molecular flexibility index (Phi) is 4.83. The van der Waals surface area contributed by atoms with Crippen molar-refractivity contribution in [2.75, 3.05) is 0 Å². The summed E-state index contributed by atoms with van der Waals surface area (Å²) in [5.74, 6) is -0.901. The first-order valence-electron chi connectivity index (χ1n) is 7.61. The summed E-state index contributed by atoms with van der Waals surface area (Å²) in [6.45, 7) is 2.04. The summed E-state index contributed by atoms with van der Waals surface area (Å²) in [6, 6.07) is 0.172. The smallest absolute Gasteiger partial charge is 0.307 e. The van der Waals surface area contributed by atoms with Crippen molar-refractivity contribution in [1.29, 1.82) is 0 Å². The highest BCUT2D eigenvalue weighted by atomic mass is 16.4. The highest BCUT2D eigenvalue weighted by Crippen LogP contribution is 2.35. The van der Waals surface area contributed by atoms with Crippen molar-refractivity contribution in [3.05, 3.63) is 0 Å². The standard InChI is InChI=1S/C15H25NO3/c1-10(9-11-5-3-2-4-6-11)16-14(17)12-7-8-13(12)15(18)19/h10-13H,2-9H2,1H3,(H,16,17)(H,18,19)/t10-,12?,13?/m1/s1. The summed E-state index contributed by atoms with van der Waals surface area (Å²) in [5, 5.41) is 12.0. The van der Waals surface area contributed by atoms with Gasteiger partial charge in [-0.15, -0.1) is 0 Å². The molecule has 2 aliphatic carbocycles. The first kappa shape index (κ1) is 14.4. The largest absolute Gasteiger partial charge is 0.481 e. The Morgan fingerprint density at radius 2 is 1.74 bits per heavy atom. The van der Waals surface area contributed by atoms with E-state index in [1.165, 1.54) is 32.1 Å². The van der Waals surface area contributed by atoms with Gasteiger partial charge in [0.1, 0.15) is 0 Å². The van der Waals surface area contributed by atoms with Crippen LogP contribution in [0.5, 0.6) is 0 Å². The quantitative estimate of drug-likeness (QED) is 0.804. The zero-order chi connectivity index (χ0) is 13.8. The van der Waals surface area contributed by atoms with E-state index in [1.54, 1.807) is 0 Å². The lowest BCUT2D eigenvalue weighted by Gasteiger charge is -2.33. The lowest BCUT2D eigenvalue weighted by molar-refractivity contribution is -0.153. The molecule has 0 spiro atoms. The summed E-state index contributed by atoms with van der Waals surface area (Å²) >= 11 is 0. The molecular formula is C15H25NO3. The zero-order valence-electron chi connectivity index (χ0n) is 11.7. The molecule has 3 atom stereocenters. The van der Waals surface area contributed by atoms with Gasteiger partial charge in [-0.25, -0.2) is 0 Å². The number of hydrogen-bond donors (Lipinski definition) is 2. The van der Waals surface area contributed by atoms with Crippen molar-refractivity contribution in [3.63, 3.8) is 0 Å². The van der Waals surface area contributed by atoms with Crippen molar-refractivity contribution in [2.45, 2.75) is 64.3 Å². The van der Waals surface area contributed by atoms with E-state index in [0.717, 1.165) is 18.8 Å². The van der Waals surface area contributed by atoms with E-state index in [-0.39, 0.29) is 17.9 Å². The van der Waals surface area contributed by atoms with Gasteiger partial charge in [-0.2, -0.15) is 0 Å². The SMILES string of the molecule is C[C@H](CC1CCCCC1)NC(=O)C1CCC1C(=O)O. The molecule has 108 valence electrons. The molecule has 2 rings (SSSR count). The fraction of sp³-hybridized carbons (Fsp3) is 0.867. The monoisotopic (exact) mass is 267 g/mol. The topological polar surface area (TPSA) is 66.4 Å². The maximum absolute atomic E-state index is 12.0. The Morgan fingerprint density at radius 3 is 2.26 bits per heavy atom.